The highest BCUT2D eigenvalue weighted by Crippen LogP contribution is 2.31. The Labute approximate surface area is 248 Å². The van der Waals surface area contributed by atoms with E-state index in [2.05, 4.69) is 11.9 Å². The van der Waals surface area contributed by atoms with Gasteiger partial charge in [0.2, 0.25) is 0 Å². The summed E-state index contributed by atoms with van der Waals surface area (Å²) in [5.41, 5.74) is 2.23. The second kappa shape index (κ2) is 16.8. The number of carboxylic acids is 1. The Morgan fingerprint density at radius 2 is 1.77 bits per heavy atom. The Bertz CT molecular complexity index is 1250. The van der Waals surface area contributed by atoms with E-state index in [4.69, 9.17) is 21.1 Å². The Balaban J connectivity index is 0.00000391. The normalized spacial score (nSPS) is 12.0. The molecule has 0 aliphatic heterocycles. The monoisotopic (exact) mass is 587 g/mol. The number of halogens is 1. The zero-order valence-corrected chi connectivity index (χ0v) is 26.4. The molecule has 2 N–H and O–H groups in total. The van der Waals surface area contributed by atoms with E-state index in [1.54, 1.807) is 24.3 Å². The number of amides is 1. The number of carbonyl (C=O) groups is 2. The number of thioether (sulfide) groups is 1. The minimum atomic E-state index is -1.35. The maximum absolute atomic E-state index is 13.0. The van der Waals surface area contributed by atoms with Gasteiger partial charge in [-0.3, -0.25) is 4.79 Å². The van der Waals surface area contributed by atoms with Gasteiger partial charge < -0.3 is 19.9 Å². The zero-order chi connectivity index (χ0) is 30.5. The van der Waals surface area contributed by atoms with E-state index in [0.717, 1.165) is 22.3 Å². The fraction of sp³-hybridized carbons (Fsp3) is 0.375. The van der Waals surface area contributed by atoms with Crippen LogP contribution in [-0.4, -0.2) is 28.3 Å². The number of hydrogen-bond donors (Lipinski definition) is 2. The third-order valence-electron chi connectivity index (χ3n) is 5.45. The molecule has 0 spiro atoms. The summed E-state index contributed by atoms with van der Waals surface area (Å²) in [5.74, 6) is 1.13. The van der Waals surface area contributed by atoms with Gasteiger partial charge in [0.15, 0.2) is 5.60 Å². The van der Waals surface area contributed by atoms with Gasteiger partial charge in [-0.1, -0.05) is 49.2 Å². The molecule has 1 amide bonds. The number of carboxylic acid groups (broad SMARTS) is 1. The minimum absolute atomic E-state index is 0.144. The van der Waals surface area contributed by atoms with Crippen molar-refractivity contribution < 1.29 is 24.2 Å². The number of carbonyl (C=O) groups excluding carboxylic acids is 1. The minimum Gasteiger partial charge on any atom is -0.478 e. The van der Waals surface area contributed by atoms with Crippen LogP contribution >= 0.6 is 23.4 Å². The lowest BCUT2D eigenvalue weighted by Crippen LogP contribution is -2.38. The summed E-state index contributed by atoms with van der Waals surface area (Å²) in [7, 11) is 0. The molecule has 0 fully saturated rings. The van der Waals surface area contributed by atoms with E-state index in [0.29, 0.717) is 45.9 Å². The zero-order valence-electron chi connectivity index (χ0n) is 24.8. The summed E-state index contributed by atoms with van der Waals surface area (Å²) in [5, 5.41) is 13.0. The van der Waals surface area contributed by atoms with Crippen molar-refractivity contribution in [2.24, 2.45) is 0 Å². The molecule has 0 heterocycles. The van der Waals surface area contributed by atoms with Crippen LogP contribution in [-0.2, 0) is 16.1 Å². The molecule has 0 saturated carbocycles. The largest absolute Gasteiger partial charge is 0.478 e. The number of aliphatic carboxylic acids is 1. The van der Waals surface area contributed by atoms with Crippen molar-refractivity contribution in [3.8, 4) is 17.2 Å². The predicted molar refractivity (Wildman–Crippen MR) is 168 cm³/mol. The Kier molecular flexibility index (Phi) is 14.7. The molecule has 2 aromatic rings. The quantitative estimate of drug-likeness (QED) is 0.180. The third-order valence-corrected chi connectivity index (χ3v) is 6.83. The number of nitrogens with one attached hydrogen (secondary N) is 1. The molecular weight excluding hydrogens is 546 g/mol. The van der Waals surface area contributed by atoms with Gasteiger partial charge in [0, 0.05) is 17.3 Å². The number of hydrogen-bond acceptors (Lipinski definition) is 5. The number of benzene rings is 2. The summed E-state index contributed by atoms with van der Waals surface area (Å²) in [6.45, 7) is 18.6. The first-order chi connectivity index (χ1) is 18.8. The number of aryl methyl sites for hydroxylation is 2. The first kappa shape index (κ1) is 34.9. The summed E-state index contributed by atoms with van der Waals surface area (Å²) in [6, 6.07) is 11.0. The summed E-state index contributed by atoms with van der Waals surface area (Å²) in [6.07, 6.45) is 4.25. The van der Waals surface area contributed by atoms with Gasteiger partial charge in [0.05, 0.1) is 4.91 Å². The number of allylic oxidation sites excluding steroid dienone is 3. The number of rotatable bonds is 13. The van der Waals surface area contributed by atoms with Gasteiger partial charge in [0.25, 0.3) is 5.91 Å². The van der Waals surface area contributed by atoms with Gasteiger partial charge in [-0.2, -0.15) is 0 Å². The van der Waals surface area contributed by atoms with E-state index in [1.807, 2.05) is 65.8 Å². The Morgan fingerprint density at radius 3 is 2.35 bits per heavy atom. The molecule has 218 valence electrons. The summed E-state index contributed by atoms with van der Waals surface area (Å²) < 4.78 is 11.7. The molecular formula is C32H42ClNO5S. The molecule has 2 aromatic carbocycles. The van der Waals surface area contributed by atoms with E-state index in [1.165, 1.54) is 25.6 Å². The van der Waals surface area contributed by atoms with E-state index in [9.17, 15) is 14.7 Å². The van der Waals surface area contributed by atoms with Crippen molar-refractivity contribution in [3.63, 3.8) is 0 Å². The Morgan fingerprint density at radius 1 is 1.10 bits per heavy atom. The van der Waals surface area contributed by atoms with Gasteiger partial charge >= 0.3 is 5.97 Å². The number of ether oxygens (including phenoxy) is 2. The van der Waals surface area contributed by atoms with Crippen molar-refractivity contribution in [2.45, 2.75) is 74.0 Å². The molecule has 40 heavy (non-hydrogen) atoms. The lowest BCUT2D eigenvalue weighted by Gasteiger charge is -2.23. The molecule has 0 unspecified atom stereocenters. The van der Waals surface area contributed by atoms with Crippen LogP contribution in [0.5, 0.6) is 17.2 Å². The lowest BCUT2D eigenvalue weighted by atomic mass is 10.1. The molecule has 0 aliphatic carbocycles. The predicted octanol–water partition coefficient (Wildman–Crippen LogP) is 8.71. The van der Waals surface area contributed by atoms with Crippen LogP contribution in [0.3, 0.4) is 0 Å². The molecule has 6 nitrogen and oxygen atoms in total. The van der Waals surface area contributed by atoms with Crippen LogP contribution in [0.15, 0.2) is 70.6 Å². The molecule has 2 rings (SSSR count). The maximum atomic E-state index is 13.0. The maximum Gasteiger partial charge on any atom is 0.347 e. The van der Waals surface area contributed by atoms with Crippen LogP contribution in [0, 0.1) is 13.8 Å². The van der Waals surface area contributed by atoms with Crippen molar-refractivity contribution in [3.05, 3.63) is 87.3 Å². The van der Waals surface area contributed by atoms with Gasteiger partial charge in [-0.05, 0) is 95.0 Å². The first-order valence-electron chi connectivity index (χ1n) is 13.2. The van der Waals surface area contributed by atoms with Gasteiger partial charge in [-0.25, -0.2) is 4.79 Å². The van der Waals surface area contributed by atoms with Crippen LogP contribution in [0.2, 0.25) is 0 Å². The molecule has 0 bridgehead atoms. The smallest absolute Gasteiger partial charge is 0.347 e. The topological polar surface area (TPSA) is 84.9 Å². The van der Waals surface area contributed by atoms with Crippen molar-refractivity contribution in [1.82, 2.24) is 5.32 Å². The van der Waals surface area contributed by atoms with Crippen LogP contribution < -0.4 is 14.8 Å². The lowest BCUT2D eigenvalue weighted by molar-refractivity contribution is -0.152. The summed E-state index contributed by atoms with van der Waals surface area (Å²) in [4.78, 5) is 25.1. The average molecular weight is 588 g/mol. The van der Waals surface area contributed by atoms with Crippen LogP contribution in [0.4, 0.5) is 0 Å². The van der Waals surface area contributed by atoms with E-state index < -0.39 is 11.6 Å². The first-order valence-corrected chi connectivity index (χ1v) is 14.5. The van der Waals surface area contributed by atoms with Crippen LogP contribution in [0.25, 0.3) is 0 Å². The van der Waals surface area contributed by atoms with Crippen molar-refractivity contribution in [2.75, 3.05) is 5.75 Å². The SMILES string of the molecule is C=CCS/C(C(=O)NCc1cc(C)cc(Oc2ccc(OC(C)(C)C(=O)O)c(C)c2)c1)=C(/C)C/C=C(\C)Cl.CC. The molecule has 0 aliphatic rings. The van der Waals surface area contributed by atoms with Gasteiger partial charge in [0.1, 0.15) is 17.2 Å². The van der Waals surface area contributed by atoms with Crippen molar-refractivity contribution >= 4 is 35.2 Å². The fourth-order valence-electron chi connectivity index (χ4n) is 3.41. The Hall–Kier alpha value is -3.16. The van der Waals surface area contributed by atoms with Crippen LogP contribution in [0.1, 0.15) is 64.7 Å². The van der Waals surface area contributed by atoms with Crippen molar-refractivity contribution in [1.29, 1.82) is 0 Å². The highest BCUT2D eigenvalue weighted by atomic mass is 35.5. The third kappa shape index (κ3) is 11.5. The van der Waals surface area contributed by atoms with E-state index in [-0.39, 0.29) is 5.91 Å². The second-order valence-electron chi connectivity index (χ2n) is 9.49. The second-order valence-corrected chi connectivity index (χ2v) is 11.1. The fourth-order valence-corrected chi connectivity index (χ4v) is 4.31. The highest BCUT2D eigenvalue weighted by Gasteiger charge is 2.30. The summed E-state index contributed by atoms with van der Waals surface area (Å²) >= 11 is 7.42. The van der Waals surface area contributed by atoms with Gasteiger partial charge in [-0.15, -0.1) is 18.3 Å². The molecule has 0 radical (unpaired) electrons. The standard InChI is InChI=1S/C30H36ClNO5S.C2H6/c1-8-13-38-27(20(3)9-10-22(5)31)28(33)32-18-23-14-19(2)15-25(17-23)36-24-11-12-26(21(4)16-24)37-30(6,7)29(34)35;1-2/h8,10-12,14-17H,1,9,13,18H2,2-7H3,(H,32,33)(H,34,35);1-2H3/b22-10+,27-20-;. The highest BCUT2D eigenvalue weighted by molar-refractivity contribution is 8.04. The molecule has 8 heteroatoms. The van der Waals surface area contributed by atoms with E-state index >= 15 is 0 Å². The molecule has 0 saturated heterocycles. The molecule has 0 atom stereocenters. The molecule has 0 aromatic heterocycles. The average Bonchev–Trinajstić information content (AvgIpc) is 2.88.